The first-order valence-electron chi connectivity index (χ1n) is 3.46. The fraction of sp³-hybridized carbons (Fsp3) is 0.625. The maximum Gasteiger partial charge on any atom is 0.334 e. The van der Waals surface area contributed by atoms with Gasteiger partial charge < -0.3 is 4.74 Å². The summed E-state index contributed by atoms with van der Waals surface area (Å²) in [6, 6.07) is 0. The highest BCUT2D eigenvalue weighted by Crippen LogP contribution is 2.06. The standard InChI is InChI=1S/C8H13BrO2/c1-6(2)4-7(5-9)8(10)11-3/h4,6H,5H2,1-3H3/b7-4+. The van der Waals surface area contributed by atoms with Crippen LogP contribution >= 0.6 is 15.9 Å². The molecule has 0 unspecified atom stereocenters. The van der Waals surface area contributed by atoms with E-state index in [0.717, 1.165) is 0 Å². The zero-order chi connectivity index (χ0) is 8.85. The first-order valence-corrected chi connectivity index (χ1v) is 4.59. The highest BCUT2D eigenvalue weighted by Gasteiger charge is 2.07. The molecule has 0 saturated carbocycles. The van der Waals surface area contributed by atoms with E-state index in [9.17, 15) is 4.79 Å². The van der Waals surface area contributed by atoms with Gasteiger partial charge in [-0.15, -0.1) is 0 Å². The van der Waals surface area contributed by atoms with Crippen molar-refractivity contribution in [1.29, 1.82) is 0 Å². The van der Waals surface area contributed by atoms with Crippen molar-refractivity contribution >= 4 is 21.9 Å². The highest BCUT2D eigenvalue weighted by atomic mass is 79.9. The Balaban J connectivity index is 4.27. The summed E-state index contributed by atoms with van der Waals surface area (Å²) in [6.07, 6.45) is 1.89. The topological polar surface area (TPSA) is 26.3 Å². The quantitative estimate of drug-likeness (QED) is 0.414. The van der Waals surface area contributed by atoms with Crippen LogP contribution in [0.15, 0.2) is 11.6 Å². The van der Waals surface area contributed by atoms with Gasteiger partial charge in [0.1, 0.15) is 0 Å². The molecular formula is C8H13BrO2. The number of carbonyl (C=O) groups is 1. The van der Waals surface area contributed by atoms with Crippen molar-refractivity contribution in [3.05, 3.63) is 11.6 Å². The first kappa shape index (κ1) is 10.7. The van der Waals surface area contributed by atoms with Crippen LogP contribution in [0.3, 0.4) is 0 Å². The maximum absolute atomic E-state index is 11.0. The number of methoxy groups -OCH3 is 1. The van der Waals surface area contributed by atoms with Crippen LogP contribution in [0.2, 0.25) is 0 Å². The molecule has 0 spiro atoms. The Hall–Kier alpha value is -0.310. The molecule has 0 N–H and O–H groups in total. The van der Waals surface area contributed by atoms with Gasteiger partial charge in [-0.05, 0) is 5.92 Å². The van der Waals surface area contributed by atoms with Gasteiger partial charge in [-0.25, -0.2) is 4.79 Å². The van der Waals surface area contributed by atoms with Gasteiger partial charge in [-0.3, -0.25) is 0 Å². The molecule has 0 aliphatic rings. The normalized spacial score (nSPS) is 11.9. The van der Waals surface area contributed by atoms with E-state index >= 15 is 0 Å². The number of alkyl halides is 1. The van der Waals surface area contributed by atoms with Crippen LogP contribution in [0.25, 0.3) is 0 Å². The van der Waals surface area contributed by atoms with Crippen LogP contribution in [0.1, 0.15) is 13.8 Å². The Morgan fingerprint density at radius 3 is 2.45 bits per heavy atom. The van der Waals surface area contributed by atoms with Gasteiger partial charge >= 0.3 is 5.97 Å². The molecule has 0 radical (unpaired) electrons. The third-order valence-electron chi connectivity index (χ3n) is 1.13. The Bertz CT molecular complexity index is 161. The van der Waals surface area contributed by atoms with Crippen molar-refractivity contribution in [2.75, 3.05) is 12.4 Å². The van der Waals surface area contributed by atoms with E-state index < -0.39 is 0 Å². The highest BCUT2D eigenvalue weighted by molar-refractivity contribution is 9.09. The number of esters is 1. The van der Waals surface area contributed by atoms with E-state index in [0.29, 0.717) is 16.8 Å². The van der Waals surface area contributed by atoms with Crippen molar-refractivity contribution in [2.24, 2.45) is 5.92 Å². The fourth-order valence-electron chi connectivity index (χ4n) is 0.701. The number of rotatable bonds is 3. The monoisotopic (exact) mass is 220 g/mol. The molecule has 0 atom stereocenters. The second-order valence-electron chi connectivity index (χ2n) is 2.56. The molecule has 0 saturated heterocycles. The summed E-state index contributed by atoms with van der Waals surface area (Å²) in [4.78, 5) is 11.0. The summed E-state index contributed by atoms with van der Waals surface area (Å²) in [6.45, 7) is 4.04. The molecule has 2 nitrogen and oxygen atoms in total. The van der Waals surface area contributed by atoms with Crippen LogP contribution in [0, 0.1) is 5.92 Å². The summed E-state index contributed by atoms with van der Waals surface area (Å²) in [5.41, 5.74) is 0.683. The zero-order valence-electron chi connectivity index (χ0n) is 7.06. The lowest BCUT2D eigenvalue weighted by molar-refractivity contribution is -0.136. The molecule has 0 bridgehead atoms. The molecule has 0 aromatic rings. The van der Waals surface area contributed by atoms with Crippen LogP contribution in [-0.4, -0.2) is 18.4 Å². The molecule has 0 aromatic heterocycles. The lowest BCUT2D eigenvalue weighted by atomic mass is 10.1. The number of carbonyl (C=O) groups excluding carboxylic acids is 1. The molecule has 0 aromatic carbocycles. The predicted molar refractivity (Wildman–Crippen MR) is 48.7 cm³/mol. The zero-order valence-corrected chi connectivity index (χ0v) is 8.64. The molecule has 0 aliphatic carbocycles. The van der Waals surface area contributed by atoms with Gasteiger partial charge in [0.25, 0.3) is 0 Å². The van der Waals surface area contributed by atoms with E-state index in [1.165, 1.54) is 7.11 Å². The minimum atomic E-state index is -0.254. The van der Waals surface area contributed by atoms with Gasteiger partial charge in [0.2, 0.25) is 0 Å². The van der Waals surface area contributed by atoms with E-state index in [1.54, 1.807) is 0 Å². The Labute approximate surface area is 75.7 Å². The summed E-state index contributed by atoms with van der Waals surface area (Å²) in [5, 5.41) is 0.553. The van der Waals surface area contributed by atoms with Crippen molar-refractivity contribution in [1.82, 2.24) is 0 Å². The molecule has 3 heteroatoms. The van der Waals surface area contributed by atoms with E-state index in [4.69, 9.17) is 0 Å². The molecule has 11 heavy (non-hydrogen) atoms. The van der Waals surface area contributed by atoms with E-state index in [2.05, 4.69) is 20.7 Å². The minimum Gasteiger partial charge on any atom is -0.466 e. The van der Waals surface area contributed by atoms with Gasteiger partial charge in [0.15, 0.2) is 0 Å². The second kappa shape index (κ2) is 5.35. The van der Waals surface area contributed by atoms with Crippen molar-refractivity contribution in [2.45, 2.75) is 13.8 Å². The van der Waals surface area contributed by atoms with Gasteiger partial charge in [-0.2, -0.15) is 0 Å². The molecule has 64 valence electrons. The van der Waals surface area contributed by atoms with Crippen LogP contribution in [-0.2, 0) is 9.53 Å². The van der Waals surface area contributed by atoms with E-state index in [1.807, 2.05) is 19.9 Å². The third kappa shape index (κ3) is 4.19. The molecule has 0 rings (SSSR count). The number of hydrogen-bond acceptors (Lipinski definition) is 2. The third-order valence-corrected chi connectivity index (χ3v) is 1.73. The first-order chi connectivity index (χ1) is 5.11. The Morgan fingerprint density at radius 2 is 2.18 bits per heavy atom. The summed E-state index contributed by atoms with van der Waals surface area (Å²) in [7, 11) is 1.39. The smallest absolute Gasteiger partial charge is 0.334 e. The molecule has 0 heterocycles. The maximum atomic E-state index is 11.0. The minimum absolute atomic E-state index is 0.254. The Morgan fingerprint density at radius 1 is 1.64 bits per heavy atom. The number of hydrogen-bond donors (Lipinski definition) is 0. The van der Waals surface area contributed by atoms with Gasteiger partial charge in [0, 0.05) is 10.9 Å². The predicted octanol–water partition coefficient (Wildman–Crippen LogP) is 2.14. The van der Waals surface area contributed by atoms with Gasteiger partial charge in [0.05, 0.1) is 7.11 Å². The summed E-state index contributed by atoms with van der Waals surface area (Å²) < 4.78 is 4.57. The van der Waals surface area contributed by atoms with Crippen molar-refractivity contribution < 1.29 is 9.53 Å². The number of allylic oxidation sites excluding steroid dienone is 1. The lowest BCUT2D eigenvalue weighted by Gasteiger charge is -2.02. The van der Waals surface area contributed by atoms with Crippen LogP contribution in [0.4, 0.5) is 0 Å². The van der Waals surface area contributed by atoms with E-state index in [-0.39, 0.29) is 5.97 Å². The molecule has 0 aliphatic heterocycles. The van der Waals surface area contributed by atoms with Crippen molar-refractivity contribution in [3.63, 3.8) is 0 Å². The summed E-state index contributed by atoms with van der Waals surface area (Å²) in [5.74, 6) is 0.122. The largest absolute Gasteiger partial charge is 0.466 e. The second-order valence-corrected chi connectivity index (χ2v) is 3.12. The molecule has 0 fully saturated rings. The SMILES string of the molecule is COC(=O)/C(=C/C(C)C)CBr. The average Bonchev–Trinajstić information content (AvgIpc) is 1.98. The Kier molecular flexibility index (Phi) is 5.20. The number of ether oxygens (including phenoxy) is 1. The number of halogens is 1. The van der Waals surface area contributed by atoms with Crippen LogP contribution < -0.4 is 0 Å². The van der Waals surface area contributed by atoms with Crippen molar-refractivity contribution in [3.8, 4) is 0 Å². The molecular weight excluding hydrogens is 208 g/mol. The van der Waals surface area contributed by atoms with Gasteiger partial charge in [-0.1, -0.05) is 35.9 Å². The fourth-order valence-corrected chi connectivity index (χ4v) is 1.12. The average molecular weight is 221 g/mol. The van der Waals surface area contributed by atoms with Crippen LogP contribution in [0.5, 0.6) is 0 Å². The lowest BCUT2D eigenvalue weighted by Crippen LogP contribution is -2.06. The summed E-state index contributed by atoms with van der Waals surface area (Å²) >= 11 is 3.22. The molecule has 0 amide bonds.